The molecular weight excluding hydrogens is 306 g/mol. The lowest BCUT2D eigenvalue weighted by atomic mass is 10.3. The third-order valence-electron chi connectivity index (χ3n) is 2.84. The van der Waals surface area contributed by atoms with E-state index in [1.54, 1.807) is 35.2 Å². The molecule has 3 rings (SSSR count). The zero-order valence-corrected chi connectivity index (χ0v) is 12.3. The minimum absolute atomic E-state index is 0. The predicted molar refractivity (Wildman–Crippen MR) is 80.7 cm³/mol. The topological polar surface area (TPSA) is 68.1 Å². The lowest BCUT2D eigenvalue weighted by molar-refractivity contribution is -0.384. The Bertz CT molecular complexity index is 599. The SMILES string of the molecule is Cl.O=[N+]([O-])c1ccc2sc(S[C@@H]3CCNC3)nc2c1. The van der Waals surface area contributed by atoms with Gasteiger partial charge in [0.1, 0.15) is 0 Å². The van der Waals surface area contributed by atoms with Crippen LogP contribution in [0.15, 0.2) is 22.5 Å². The molecule has 1 aliphatic rings. The molecule has 0 unspecified atom stereocenters. The van der Waals surface area contributed by atoms with E-state index in [9.17, 15) is 10.1 Å². The molecule has 0 saturated carbocycles. The van der Waals surface area contributed by atoms with E-state index in [0.29, 0.717) is 5.25 Å². The third-order valence-corrected chi connectivity index (χ3v) is 5.24. The summed E-state index contributed by atoms with van der Waals surface area (Å²) in [7, 11) is 0. The van der Waals surface area contributed by atoms with E-state index >= 15 is 0 Å². The van der Waals surface area contributed by atoms with Gasteiger partial charge in [-0.25, -0.2) is 4.98 Å². The molecule has 1 aromatic carbocycles. The van der Waals surface area contributed by atoms with Gasteiger partial charge in [0.15, 0.2) is 4.34 Å². The van der Waals surface area contributed by atoms with E-state index in [4.69, 9.17) is 0 Å². The molecule has 1 aliphatic heterocycles. The van der Waals surface area contributed by atoms with Gasteiger partial charge in [0.05, 0.1) is 15.1 Å². The van der Waals surface area contributed by atoms with Crippen LogP contribution >= 0.6 is 35.5 Å². The van der Waals surface area contributed by atoms with E-state index in [0.717, 1.165) is 34.1 Å². The number of benzene rings is 1. The van der Waals surface area contributed by atoms with Crippen molar-refractivity contribution >= 4 is 51.4 Å². The predicted octanol–water partition coefficient (Wildman–Crippen LogP) is 3.08. The second-order valence-electron chi connectivity index (χ2n) is 4.12. The third kappa shape index (κ3) is 3.17. The van der Waals surface area contributed by atoms with Gasteiger partial charge in [0.2, 0.25) is 0 Å². The molecule has 1 atom stereocenters. The van der Waals surface area contributed by atoms with Crippen LogP contribution in [0.25, 0.3) is 10.2 Å². The molecular formula is C11H12ClN3O2S2. The summed E-state index contributed by atoms with van der Waals surface area (Å²) in [6.45, 7) is 2.08. The van der Waals surface area contributed by atoms with Gasteiger partial charge in [0, 0.05) is 23.9 Å². The van der Waals surface area contributed by atoms with Crippen molar-refractivity contribution in [2.45, 2.75) is 16.0 Å². The summed E-state index contributed by atoms with van der Waals surface area (Å²) in [5, 5.41) is 14.6. The van der Waals surface area contributed by atoms with Gasteiger partial charge in [-0.1, -0.05) is 11.8 Å². The molecule has 0 spiro atoms. The van der Waals surface area contributed by atoms with Gasteiger partial charge in [-0.05, 0) is 19.0 Å². The van der Waals surface area contributed by atoms with Crippen molar-refractivity contribution in [3.8, 4) is 0 Å². The zero-order valence-electron chi connectivity index (χ0n) is 9.87. The Morgan fingerprint density at radius 3 is 3.05 bits per heavy atom. The van der Waals surface area contributed by atoms with Gasteiger partial charge in [-0.2, -0.15) is 0 Å². The summed E-state index contributed by atoms with van der Waals surface area (Å²) in [5.74, 6) is 0. The fourth-order valence-electron chi connectivity index (χ4n) is 1.93. The molecule has 2 aromatic rings. The van der Waals surface area contributed by atoms with Gasteiger partial charge >= 0.3 is 0 Å². The highest BCUT2D eigenvalue weighted by Gasteiger charge is 2.18. The Morgan fingerprint density at radius 2 is 2.37 bits per heavy atom. The summed E-state index contributed by atoms with van der Waals surface area (Å²) in [4.78, 5) is 14.8. The largest absolute Gasteiger partial charge is 0.316 e. The molecule has 1 aromatic heterocycles. The number of nitro benzene ring substituents is 1. The van der Waals surface area contributed by atoms with Crippen LogP contribution in [-0.4, -0.2) is 28.2 Å². The average molecular weight is 318 g/mol. The van der Waals surface area contributed by atoms with Crippen LogP contribution < -0.4 is 5.32 Å². The monoisotopic (exact) mass is 317 g/mol. The highest BCUT2D eigenvalue weighted by Crippen LogP contribution is 2.34. The van der Waals surface area contributed by atoms with Crippen molar-refractivity contribution in [3.63, 3.8) is 0 Å². The molecule has 5 nitrogen and oxygen atoms in total. The number of thioether (sulfide) groups is 1. The number of halogens is 1. The number of nitro groups is 1. The van der Waals surface area contributed by atoms with Crippen molar-refractivity contribution < 1.29 is 4.92 Å². The fraction of sp³-hybridized carbons (Fsp3) is 0.364. The maximum atomic E-state index is 10.7. The molecule has 0 radical (unpaired) electrons. The number of non-ortho nitro benzene ring substituents is 1. The maximum absolute atomic E-state index is 10.7. The van der Waals surface area contributed by atoms with Gasteiger partial charge in [0.25, 0.3) is 5.69 Å². The van der Waals surface area contributed by atoms with Crippen molar-refractivity contribution in [2.24, 2.45) is 0 Å². The molecule has 1 saturated heterocycles. The van der Waals surface area contributed by atoms with Crippen LogP contribution in [0, 0.1) is 10.1 Å². The van der Waals surface area contributed by atoms with Crippen LogP contribution in [0.1, 0.15) is 6.42 Å². The molecule has 0 bridgehead atoms. The van der Waals surface area contributed by atoms with E-state index in [2.05, 4.69) is 10.3 Å². The van der Waals surface area contributed by atoms with Gasteiger partial charge in [-0.3, -0.25) is 10.1 Å². The smallest absolute Gasteiger partial charge is 0.271 e. The number of nitrogens with one attached hydrogen (secondary N) is 1. The Morgan fingerprint density at radius 1 is 1.53 bits per heavy atom. The molecule has 8 heteroatoms. The van der Waals surface area contributed by atoms with Crippen LogP contribution in [0.3, 0.4) is 0 Å². The normalized spacial score (nSPS) is 18.4. The van der Waals surface area contributed by atoms with E-state index in [1.807, 2.05) is 0 Å². The number of rotatable bonds is 3. The van der Waals surface area contributed by atoms with Crippen molar-refractivity contribution in [1.82, 2.24) is 10.3 Å². The Kier molecular flexibility index (Phi) is 4.62. The Hall–Kier alpha value is -0.890. The first-order valence-corrected chi connectivity index (χ1v) is 7.34. The van der Waals surface area contributed by atoms with E-state index in [1.165, 1.54) is 6.07 Å². The molecule has 19 heavy (non-hydrogen) atoms. The number of hydrogen-bond donors (Lipinski definition) is 1. The summed E-state index contributed by atoms with van der Waals surface area (Å²) in [6, 6.07) is 4.86. The number of thiazole rings is 1. The van der Waals surface area contributed by atoms with E-state index < -0.39 is 0 Å². The molecule has 1 N–H and O–H groups in total. The van der Waals surface area contributed by atoms with Crippen LogP contribution in [-0.2, 0) is 0 Å². The highest BCUT2D eigenvalue weighted by molar-refractivity contribution is 8.01. The first-order chi connectivity index (χ1) is 8.72. The summed E-state index contributed by atoms with van der Waals surface area (Å²) in [5.41, 5.74) is 0.828. The van der Waals surface area contributed by atoms with E-state index in [-0.39, 0.29) is 23.0 Å². The summed E-state index contributed by atoms with van der Waals surface area (Å²) >= 11 is 3.37. The summed E-state index contributed by atoms with van der Waals surface area (Å²) < 4.78 is 2.01. The zero-order chi connectivity index (χ0) is 12.5. The minimum Gasteiger partial charge on any atom is -0.316 e. The number of nitrogens with zero attached hydrogens (tertiary/aromatic N) is 2. The number of aromatic nitrogens is 1. The van der Waals surface area contributed by atoms with Crippen molar-refractivity contribution in [1.29, 1.82) is 0 Å². The lowest BCUT2D eigenvalue weighted by Gasteiger charge is -2.02. The average Bonchev–Trinajstić information content (AvgIpc) is 2.96. The van der Waals surface area contributed by atoms with Crippen LogP contribution in [0.5, 0.6) is 0 Å². The van der Waals surface area contributed by atoms with Crippen LogP contribution in [0.4, 0.5) is 5.69 Å². The van der Waals surface area contributed by atoms with Gasteiger partial charge in [-0.15, -0.1) is 23.7 Å². The molecule has 2 heterocycles. The summed E-state index contributed by atoms with van der Waals surface area (Å²) in [6.07, 6.45) is 1.15. The molecule has 0 aliphatic carbocycles. The maximum Gasteiger partial charge on any atom is 0.271 e. The molecule has 1 fully saturated rings. The standard InChI is InChI=1S/C11H11N3O2S2.ClH/c15-14(16)7-1-2-10-9(5-7)13-11(18-10)17-8-3-4-12-6-8;/h1-2,5,8,12H,3-4,6H2;1H/t8-;/m1./s1. The Balaban J connectivity index is 0.00000133. The number of hydrogen-bond acceptors (Lipinski definition) is 6. The minimum atomic E-state index is -0.382. The van der Waals surface area contributed by atoms with Gasteiger partial charge < -0.3 is 5.32 Å². The lowest BCUT2D eigenvalue weighted by Crippen LogP contribution is -2.09. The quantitative estimate of drug-likeness (QED) is 0.696. The fourth-order valence-corrected chi connectivity index (χ4v) is 4.35. The first kappa shape index (κ1) is 14.5. The van der Waals surface area contributed by atoms with Crippen molar-refractivity contribution in [2.75, 3.05) is 13.1 Å². The highest BCUT2D eigenvalue weighted by atomic mass is 35.5. The molecule has 102 valence electrons. The first-order valence-electron chi connectivity index (χ1n) is 5.65. The Labute approximate surface area is 124 Å². The molecule has 0 amide bonds. The second kappa shape index (κ2) is 6.04. The number of fused-ring (bicyclic) bond motifs is 1. The van der Waals surface area contributed by atoms with Crippen molar-refractivity contribution in [3.05, 3.63) is 28.3 Å². The second-order valence-corrected chi connectivity index (χ2v) is 6.70. The van der Waals surface area contributed by atoms with Crippen LogP contribution in [0.2, 0.25) is 0 Å².